The first-order valence-electron chi connectivity index (χ1n) is 7.93. The zero-order chi connectivity index (χ0) is 16.5. The summed E-state index contributed by atoms with van der Waals surface area (Å²) in [7, 11) is 0. The molecule has 0 aliphatic heterocycles. The van der Waals surface area contributed by atoms with Crippen LogP contribution in [-0.2, 0) is 16.0 Å². The van der Waals surface area contributed by atoms with Crippen LogP contribution in [0.1, 0.15) is 37.7 Å². The second-order valence-electron chi connectivity index (χ2n) is 5.68. The first-order valence-corrected chi connectivity index (χ1v) is 7.93. The van der Waals surface area contributed by atoms with Crippen molar-refractivity contribution in [1.29, 1.82) is 0 Å². The maximum absolute atomic E-state index is 12.1. The van der Waals surface area contributed by atoms with Crippen LogP contribution >= 0.6 is 0 Å². The van der Waals surface area contributed by atoms with Gasteiger partial charge in [0, 0.05) is 11.7 Å². The van der Waals surface area contributed by atoms with E-state index < -0.39 is 6.09 Å². The van der Waals surface area contributed by atoms with Crippen LogP contribution in [0.3, 0.4) is 0 Å². The Morgan fingerprint density at radius 1 is 1.26 bits per heavy atom. The molecule has 5 nitrogen and oxygen atoms in total. The Morgan fingerprint density at radius 2 is 2.04 bits per heavy atom. The molecule has 1 aromatic rings. The summed E-state index contributed by atoms with van der Waals surface area (Å²) in [5, 5.41) is 5.67. The van der Waals surface area contributed by atoms with Crippen molar-refractivity contribution in [2.45, 2.75) is 44.6 Å². The SMILES string of the molecule is C#CCOC(=O)Nc1cccc(CC(=O)NC2CCCCC2)c1. The Hall–Kier alpha value is -2.48. The molecule has 0 unspecified atom stereocenters. The number of nitrogens with one attached hydrogen (secondary N) is 2. The molecule has 2 amide bonds. The van der Waals surface area contributed by atoms with Crippen molar-refractivity contribution in [2.24, 2.45) is 0 Å². The molecule has 0 heterocycles. The van der Waals surface area contributed by atoms with Gasteiger partial charge < -0.3 is 10.1 Å². The van der Waals surface area contributed by atoms with Crippen molar-refractivity contribution in [3.63, 3.8) is 0 Å². The first-order chi connectivity index (χ1) is 11.2. The molecule has 1 aliphatic rings. The number of terminal acetylenes is 1. The molecular formula is C18H22N2O3. The number of benzene rings is 1. The Bertz CT molecular complexity index is 586. The number of hydrogen-bond donors (Lipinski definition) is 2. The maximum Gasteiger partial charge on any atom is 0.412 e. The van der Waals surface area contributed by atoms with Gasteiger partial charge in [-0.3, -0.25) is 10.1 Å². The third-order valence-corrected chi connectivity index (χ3v) is 3.79. The summed E-state index contributed by atoms with van der Waals surface area (Å²) >= 11 is 0. The van der Waals surface area contributed by atoms with Gasteiger partial charge in [0.15, 0.2) is 6.61 Å². The molecule has 23 heavy (non-hydrogen) atoms. The van der Waals surface area contributed by atoms with Gasteiger partial charge in [-0.25, -0.2) is 4.79 Å². The summed E-state index contributed by atoms with van der Waals surface area (Å²) in [4.78, 5) is 23.6. The van der Waals surface area contributed by atoms with Crippen molar-refractivity contribution in [2.75, 3.05) is 11.9 Å². The summed E-state index contributed by atoms with van der Waals surface area (Å²) in [6.07, 6.45) is 10.5. The largest absolute Gasteiger partial charge is 0.436 e. The molecule has 1 fully saturated rings. The standard InChI is InChI=1S/C18H22N2O3/c1-2-11-23-18(22)20-16-10-6-7-14(12-16)13-17(21)19-15-8-4-3-5-9-15/h1,6-7,10,12,15H,3-5,8-9,11,13H2,(H,19,21)(H,20,22). The number of carbonyl (C=O) groups excluding carboxylic acids is 2. The van der Waals surface area contributed by atoms with Gasteiger partial charge >= 0.3 is 6.09 Å². The molecule has 1 aliphatic carbocycles. The van der Waals surface area contributed by atoms with E-state index in [2.05, 4.69) is 16.6 Å². The van der Waals surface area contributed by atoms with E-state index in [1.165, 1.54) is 19.3 Å². The summed E-state index contributed by atoms with van der Waals surface area (Å²) in [6.45, 7) is -0.0741. The molecular weight excluding hydrogens is 292 g/mol. The van der Waals surface area contributed by atoms with Crippen LogP contribution in [0.2, 0.25) is 0 Å². The average Bonchev–Trinajstić information content (AvgIpc) is 2.54. The smallest absolute Gasteiger partial charge is 0.412 e. The summed E-state index contributed by atoms with van der Waals surface area (Å²) in [6, 6.07) is 7.45. The average molecular weight is 314 g/mol. The van der Waals surface area contributed by atoms with Crippen molar-refractivity contribution in [1.82, 2.24) is 5.32 Å². The van der Waals surface area contributed by atoms with E-state index in [-0.39, 0.29) is 12.5 Å². The van der Waals surface area contributed by atoms with Gasteiger partial charge in [-0.15, -0.1) is 6.42 Å². The highest BCUT2D eigenvalue weighted by Gasteiger charge is 2.15. The fourth-order valence-electron chi connectivity index (χ4n) is 2.73. The van der Waals surface area contributed by atoms with Gasteiger partial charge in [-0.2, -0.15) is 0 Å². The van der Waals surface area contributed by atoms with Gasteiger partial charge in [0.2, 0.25) is 5.91 Å². The lowest BCUT2D eigenvalue weighted by atomic mass is 9.95. The Labute approximate surface area is 136 Å². The third-order valence-electron chi connectivity index (χ3n) is 3.79. The van der Waals surface area contributed by atoms with E-state index in [1.807, 2.05) is 6.07 Å². The van der Waals surface area contributed by atoms with Crippen LogP contribution in [0.15, 0.2) is 24.3 Å². The molecule has 2 rings (SSSR count). The van der Waals surface area contributed by atoms with E-state index >= 15 is 0 Å². The summed E-state index contributed by atoms with van der Waals surface area (Å²) in [5.41, 5.74) is 1.42. The topological polar surface area (TPSA) is 67.4 Å². The Kier molecular flexibility index (Phi) is 6.49. The molecule has 0 radical (unpaired) electrons. The number of rotatable bonds is 5. The normalized spacial score (nSPS) is 14.6. The number of amides is 2. The van der Waals surface area contributed by atoms with Crippen LogP contribution < -0.4 is 10.6 Å². The maximum atomic E-state index is 12.1. The highest BCUT2D eigenvalue weighted by Crippen LogP contribution is 2.18. The quantitative estimate of drug-likeness (QED) is 0.821. The van der Waals surface area contributed by atoms with Crippen molar-refractivity contribution in [3.05, 3.63) is 29.8 Å². The van der Waals surface area contributed by atoms with E-state index in [4.69, 9.17) is 11.2 Å². The van der Waals surface area contributed by atoms with Crippen LogP contribution in [0, 0.1) is 12.3 Å². The van der Waals surface area contributed by atoms with Crippen LogP contribution in [-0.4, -0.2) is 24.6 Å². The fraction of sp³-hybridized carbons (Fsp3) is 0.444. The number of hydrogen-bond acceptors (Lipinski definition) is 3. The molecule has 0 bridgehead atoms. The monoisotopic (exact) mass is 314 g/mol. The van der Waals surface area contributed by atoms with Crippen molar-refractivity contribution < 1.29 is 14.3 Å². The van der Waals surface area contributed by atoms with Crippen molar-refractivity contribution in [3.8, 4) is 12.3 Å². The Morgan fingerprint density at radius 3 is 2.78 bits per heavy atom. The first kappa shape index (κ1) is 16.9. The lowest BCUT2D eigenvalue weighted by Gasteiger charge is -2.22. The molecule has 0 saturated heterocycles. The third kappa shape index (κ3) is 6.03. The number of anilines is 1. The second-order valence-corrected chi connectivity index (χ2v) is 5.68. The second kappa shape index (κ2) is 8.84. The fourth-order valence-corrected chi connectivity index (χ4v) is 2.73. The summed E-state index contributed by atoms with van der Waals surface area (Å²) in [5.74, 6) is 2.24. The van der Waals surface area contributed by atoms with Crippen LogP contribution in [0.25, 0.3) is 0 Å². The minimum Gasteiger partial charge on any atom is -0.436 e. The molecule has 2 N–H and O–H groups in total. The molecule has 0 aromatic heterocycles. The molecule has 0 atom stereocenters. The van der Waals surface area contributed by atoms with E-state index in [0.717, 1.165) is 18.4 Å². The highest BCUT2D eigenvalue weighted by molar-refractivity contribution is 5.85. The van der Waals surface area contributed by atoms with E-state index in [1.54, 1.807) is 18.2 Å². The molecule has 1 saturated carbocycles. The van der Waals surface area contributed by atoms with Gasteiger partial charge in [0.1, 0.15) is 0 Å². The molecule has 1 aromatic carbocycles. The highest BCUT2D eigenvalue weighted by atomic mass is 16.5. The summed E-state index contributed by atoms with van der Waals surface area (Å²) < 4.78 is 4.75. The minimum atomic E-state index is -0.605. The van der Waals surface area contributed by atoms with Gasteiger partial charge in [-0.05, 0) is 30.5 Å². The lowest BCUT2D eigenvalue weighted by molar-refractivity contribution is -0.121. The van der Waals surface area contributed by atoms with Crippen molar-refractivity contribution >= 4 is 17.7 Å². The van der Waals surface area contributed by atoms with E-state index in [0.29, 0.717) is 18.2 Å². The van der Waals surface area contributed by atoms with Gasteiger partial charge in [-0.1, -0.05) is 37.3 Å². The van der Waals surface area contributed by atoms with Gasteiger partial charge in [0.25, 0.3) is 0 Å². The molecule has 5 heteroatoms. The minimum absolute atomic E-state index is 0.0176. The number of ether oxygens (including phenoxy) is 1. The Balaban J connectivity index is 1.85. The molecule has 0 spiro atoms. The molecule has 122 valence electrons. The predicted octanol–water partition coefficient (Wildman–Crippen LogP) is 2.86. The van der Waals surface area contributed by atoms with Gasteiger partial charge in [0.05, 0.1) is 6.42 Å². The van der Waals surface area contributed by atoms with E-state index in [9.17, 15) is 9.59 Å². The predicted molar refractivity (Wildman–Crippen MR) is 89.0 cm³/mol. The number of carbonyl (C=O) groups is 2. The van der Waals surface area contributed by atoms with Crippen LogP contribution in [0.5, 0.6) is 0 Å². The lowest BCUT2D eigenvalue weighted by Crippen LogP contribution is -2.37. The zero-order valence-corrected chi connectivity index (χ0v) is 13.1. The zero-order valence-electron chi connectivity index (χ0n) is 13.1. The van der Waals surface area contributed by atoms with Crippen LogP contribution in [0.4, 0.5) is 10.5 Å².